The number of likely N-dealkylation sites (N-methyl/N-ethyl adjacent to an activating group) is 1. The molecule has 12 heteroatoms. The zero-order valence-corrected chi connectivity index (χ0v) is 24.7. The Kier molecular flexibility index (Phi) is 8.60. The van der Waals surface area contributed by atoms with E-state index in [-0.39, 0.29) is 30.0 Å². The van der Waals surface area contributed by atoms with Crippen molar-refractivity contribution in [2.45, 2.75) is 32.4 Å². The van der Waals surface area contributed by atoms with E-state index in [0.29, 0.717) is 40.3 Å². The Morgan fingerprint density at radius 2 is 1.84 bits per heavy atom. The lowest BCUT2D eigenvalue weighted by atomic mass is 10.00. The van der Waals surface area contributed by atoms with Crippen molar-refractivity contribution in [3.05, 3.63) is 83.8 Å². The molecule has 0 atom stereocenters. The Labute approximate surface area is 252 Å². The second-order valence-electron chi connectivity index (χ2n) is 10.6. The normalized spacial score (nSPS) is 11.3. The summed E-state index contributed by atoms with van der Waals surface area (Å²) in [5.74, 6) is -1.04. The summed E-state index contributed by atoms with van der Waals surface area (Å²) < 4.78 is 1.78. The Morgan fingerprint density at radius 1 is 1.05 bits per heavy atom. The first-order valence-corrected chi connectivity index (χ1v) is 14.5. The minimum absolute atomic E-state index is 0.126. The Morgan fingerprint density at radius 3 is 2.53 bits per heavy atom. The van der Waals surface area contributed by atoms with E-state index in [1.54, 1.807) is 60.6 Å². The number of fused-ring (bicyclic) bond motifs is 1. The number of aromatic nitrogens is 4. The molecule has 0 saturated carbocycles. The molecule has 5 rings (SSSR count). The summed E-state index contributed by atoms with van der Waals surface area (Å²) in [5.41, 5.74) is 3.37. The monoisotopic (exact) mass is 597 g/mol. The number of rotatable bonds is 10. The van der Waals surface area contributed by atoms with Crippen molar-refractivity contribution < 1.29 is 19.5 Å². The quantitative estimate of drug-likeness (QED) is 0.189. The molecule has 0 unspecified atom stereocenters. The van der Waals surface area contributed by atoms with Gasteiger partial charge < -0.3 is 21.1 Å². The molecule has 0 fully saturated rings. The van der Waals surface area contributed by atoms with E-state index in [4.69, 9.17) is 0 Å². The van der Waals surface area contributed by atoms with E-state index in [1.165, 1.54) is 18.4 Å². The van der Waals surface area contributed by atoms with Crippen molar-refractivity contribution in [3.63, 3.8) is 0 Å². The van der Waals surface area contributed by atoms with Crippen LogP contribution in [0.4, 0.5) is 5.69 Å². The number of aryl methyl sites for hydroxylation is 1. The van der Waals surface area contributed by atoms with Gasteiger partial charge in [0, 0.05) is 65.3 Å². The summed E-state index contributed by atoms with van der Waals surface area (Å²) in [6.07, 6.45) is 5.78. The van der Waals surface area contributed by atoms with Gasteiger partial charge in [0.25, 0.3) is 11.8 Å². The number of benzene rings is 2. The van der Waals surface area contributed by atoms with Crippen LogP contribution in [0.1, 0.15) is 41.1 Å². The summed E-state index contributed by atoms with van der Waals surface area (Å²) in [4.78, 5) is 46.0. The van der Waals surface area contributed by atoms with Crippen LogP contribution in [-0.4, -0.2) is 61.8 Å². The second kappa shape index (κ2) is 12.5. The SMILES string of the molecule is CNC(=O)CNC(=O)c1ccc(-c2cc3nn(CCC(C)(C)O)cc3cc2NC(=O)c2csc(-c3cccnc3)n2)cc1. The second-order valence-corrected chi connectivity index (χ2v) is 11.4. The Bertz CT molecular complexity index is 1770. The lowest BCUT2D eigenvalue weighted by molar-refractivity contribution is -0.119. The molecule has 220 valence electrons. The van der Waals surface area contributed by atoms with Crippen LogP contribution in [0.3, 0.4) is 0 Å². The van der Waals surface area contributed by atoms with Crippen molar-refractivity contribution in [3.8, 4) is 21.7 Å². The maximum atomic E-state index is 13.4. The van der Waals surface area contributed by atoms with E-state index in [0.717, 1.165) is 16.5 Å². The lowest BCUT2D eigenvalue weighted by Gasteiger charge is -2.16. The minimum Gasteiger partial charge on any atom is -0.390 e. The first kappa shape index (κ1) is 29.5. The number of hydrogen-bond donors (Lipinski definition) is 4. The van der Waals surface area contributed by atoms with Gasteiger partial charge in [-0.05, 0) is 62.2 Å². The lowest BCUT2D eigenvalue weighted by Crippen LogP contribution is -2.35. The molecule has 0 aliphatic rings. The standard InChI is InChI=1S/C31H31N7O4S/c1-31(2,42)10-12-38-17-22-13-25(35-29(41)26-18-43-30(36-26)21-5-4-11-33-15-21)23(14-24(22)37-38)19-6-8-20(9-7-19)28(40)34-16-27(39)32-3/h4-9,11,13-15,17-18,42H,10,12,16H2,1-3H3,(H,32,39)(H,34,40)(H,35,41). The first-order chi connectivity index (χ1) is 20.6. The fourth-order valence-corrected chi connectivity index (χ4v) is 5.10. The van der Waals surface area contributed by atoms with E-state index >= 15 is 0 Å². The summed E-state index contributed by atoms with van der Waals surface area (Å²) in [5, 5.41) is 26.1. The van der Waals surface area contributed by atoms with Crippen molar-refractivity contribution in [2.75, 3.05) is 18.9 Å². The largest absolute Gasteiger partial charge is 0.390 e. The van der Waals surface area contributed by atoms with Crippen LogP contribution >= 0.6 is 11.3 Å². The smallest absolute Gasteiger partial charge is 0.275 e. The highest BCUT2D eigenvalue weighted by atomic mass is 32.1. The van der Waals surface area contributed by atoms with E-state index in [2.05, 4.69) is 31.0 Å². The van der Waals surface area contributed by atoms with E-state index in [1.807, 2.05) is 30.5 Å². The topological polar surface area (TPSA) is 151 Å². The predicted octanol–water partition coefficient (Wildman–Crippen LogP) is 4.11. The molecule has 4 N–H and O–H groups in total. The zero-order chi connectivity index (χ0) is 30.6. The summed E-state index contributed by atoms with van der Waals surface area (Å²) >= 11 is 1.36. The molecule has 43 heavy (non-hydrogen) atoms. The minimum atomic E-state index is -0.834. The fourth-order valence-electron chi connectivity index (χ4n) is 4.31. The van der Waals surface area contributed by atoms with Crippen LogP contribution in [0.25, 0.3) is 32.6 Å². The van der Waals surface area contributed by atoms with Crippen LogP contribution < -0.4 is 16.0 Å². The van der Waals surface area contributed by atoms with E-state index < -0.39 is 5.60 Å². The van der Waals surface area contributed by atoms with Crippen molar-refractivity contribution in [1.29, 1.82) is 0 Å². The molecular weight excluding hydrogens is 566 g/mol. The summed E-state index contributed by atoms with van der Waals surface area (Å²) in [7, 11) is 1.50. The number of aliphatic hydroxyl groups is 1. The molecule has 3 heterocycles. The molecule has 0 radical (unpaired) electrons. The summed E-state index contributed by atoms with van der Waals surface area (Å²) in [6.45, 7) is 3.90. The van der Waals surface area contributed by atoms with Gasteiger partial charge in [-0.2, -0.15) is 5.10 Å². The van der Waals surface area contributed by atoms with Gasteiger partial charge in [0.05, 0.1) is 17.7 Å². The maximum absolute atomic E-state index is 13.4. The van der Waals surface area contributed by atoms with Crippen LogP contribution in [0.2, 0.25) is 0 Å². The fraction of sp³-hybridized carbons (Fsp3) is 0.226. The van der Waals surface area contributed by atoms with Gasteiger partial charge in [0.1, 0.15) is 10.7 Å². The zero-order valence-electron chi connectivity index (χ0n) is 23.9. The van der Waals surface area contributed by atoms with Gasteiger partial charge in [-0.25, -0.2) is 4.98 Å². The Balaban J connectivity index is 1.46. The van der Waals surface area contributed by atoms with Gasteiger partial charge >= 0.3 is 0 Å². The van der Waals surface area contributed by atoms with Gasteiger partial charge in [0.2, 0.25) is 5.91 Å². The number of thiazole rings is 1. The van der Waals surface area contributed by atoms with Crippen molar-refractivity contribution >= 4 is 45.6 Å². The third kappa shape index (κ3) is 7.29. The van der Waals surface area contributed by atoms with Gasteiger partial charge in [-0.3, -0.25) is 24.0 Å². The molecule has 0 aliphatic heterocycles. The third-order valence-corrected chi connectivity index (χ3v) is 7.58. The number of amides is 3. The molecule has 11 nitrogen and oxygen atoms in total. The number of nitrogens with zero attached hydrogens (tertiary/aromatic N) is 4. The first-order valence-electron chi connectivity index (χ1n) is 13.6. The third-order valence-electron chi connectivity index (χ3n) is 6.68. The van der Waals surface area contributed by atoms with Crippen LogP contribution in [0.5, 0.6) is 0 Å². The average Bonchev–Trinajstić information content (AvgIpc) is 3.66. The number of pyridine rings is 1. The number of carbonyl (C=O) groups excluding carboxylic acids is 3. The predicted molar refractivity (Wildman–Crippen MR) is 166 cm³/mol. The van der Waals surface area contributed by atoms with Gasteiger partial charge in [-0.15, -0.1) is 11.3 Å². The van der Waals surface area contributed by atoms with Gasteiger partial charge in [-0.1, -0.05) is 12.1 Å². The van der Waals surface area contributed by atoms with Crippen molar-refractivity contribution in [1.82, 2.24) is 30.4 Å². The maximum Gasteiger partial charge on any atom is 0.275 e. The van der Waals surface area contributed by atoms with E-state index in [9.17, 15) is 19.5 Å². The molecule has 3 amide bonds. The highest BCUT2D eigenvalue weighted by Crippen LogP contribution is 2.33. The molecule has 5 aromatic rings. The number of hydrogen-bond acceptors (Lipinski definition) is 8. The molecule has 0 saturated heterocycles. The molecular formula is C31H31N7O4S. The number of carbonyl (C=O) groups is 3. The highest BCUT2D eigenvalue weighted by Gasteiger charge is 2.18. The average molecular weight is 598 g/mol. The molecule has 0 bridgehead atoms. The number of nitrogens with one attached hydrogen (secondary N) is 3. The molecule has 0 spiro atoms. The van der Waals surface area contributed by atoms with Crippen LogP contribution in [0.15, 0.2) is 72.5 Å². The van der Waals surface area contributed by atoms with Crippen molar-refractivity contribution in [2.24, 2.45) is 0 Å². The Hall–Kier alpha value is -4.94. The molecule has 3 aromatic heterocycles. The van der Waals surface area contributed by atoms with Crippen LogP contribution in [-0.2, 0) is 11.3 Å². The molecule has 0 aliphatic carbocycles. The summed E-state index contributed by atoms with van der Waals surface area (Å²) in [6, 6.07) is 14.3. The van der Waals surface area contributed by atoms with Gasteiger partial charge in [0.15, 0.2) is 0 Å². The number of anilines is 1. The molecule has 2 aromatic carbocycles. The highest BCUT2D eigenvalue weighted by molar-refractivity contribution is 7.13. The van der Waals surface area contributed by atoms with Crippen LogP contribution in [0, 0.1) is 0 Å².